The summed E-state index contributed by atoms with van der Waals surface area (Å²) in [5.74, 6) is 0.387. The Hall–Kier alpha value is -1.41. The molecule has 1 aromatic heterocycles. The number of nitrogens with zero attached hydrogens (tertiary/aromatic N) is 4. The van der Waals surface area contributed by atoms with E-state index in [1.807, 2.05) is 4.90 Å². The maximum Gasteiger partial charge on any atom is 0.419 e. The van der Waals surface area contributed by atoms with Gasteiger partial charge in [-0.25, -0.2) is 9.97 Å². The summed E-state index contributed by atoms with van der Waals surface area (Å²) < 4.78 is 37.6. The number of hydrogen-bond donors (Lipinski definition) is 1. The van der Waals surface area contributed by atoms with E-state index in [0.717, 1.165) is 51.7 Å². The number of halogens is 3. The van der Waals surface area contributed by atoms with E-state index in [1.54, 1.807) is 0 Å². The third-order valence-electron chi connectivity index (χ3n) is 4.81. The van der Waals surface area contributed by atoms with Crippen LogP contribution in [0.5, 0.6) is 0 Å². The number of anilines is 1. The van der Waals surface area contributed by atoms with Crippen LogP contribution in [0.15, 0.2) is 12.4 Å². The third-order valence-corrected chi connectivity index (χ3v) is 4.81. The van der Waals surface area contributed by atoms with E-state index in [-0.39, 0.29) is 0 Å². The van der Waals surface area contributed by atoms with Gasteiger partial charge in [-0.2, -0.15) is 13.2 Å². The van der Waals surface area contributed by atoms with Crippen LogP contribution >= 0.6 is 0 Å². The predicted molar refractivity (Wildman–Crippen MR) is 85.9 cm³/mol. The molecule has 0 radical (unpaired) electrons. The fourth-order valence-corrected chi connectivity index (χ4v) is 3.37. The Morgan fingerprint density at radius 2 is 1.83 bits per heavy atom. The van der Waals surface area contributed by atoms with Crippen molar-refractivity contribution in [3.05, 3.63) is 18.0 Å². The van der Waals surface area contributed by atoms with Crippen LogP contribution in [0.1, 0.15) is 31.2 Å². The quantitative estimate of drug-likeness (QED) is 0.888. The van der Waals surface area contributed by atoms with Crippen molar-refractivity contribution < 1.29 is 13.2 Å². The monoisotopic (exact) mass is 343 g/mol. The van der Waals surface area contributed by atoms with Gasteiger partial charge in [-0.05, 0) is 38.8 Å². The van der Waals surface area contributed by atoms with Gasteiger partial charge in [0.2, 0.25) is 5.95 Å². The van der Waals surface area contributed by atoms with Gasteiger partial charge in [0.15, 0.2) is 0 Å². The van der Waals surface area contributed by atoms with Crippen LogP contribution in [0.2, 0.25) is 0 Å². The lowest BCUT2D eigenvalue weighted by Crippen LogP contribution is -2.47. The Morgan fingerprint density at radius 3 is 2.42 bits per heavy atom. The van der Waals surface area contributed by atoms with Crippen LogP contribution < -0.4 is 10.2 Å². The molecule has 0 spiro atoms. The molecule has 5 nitrogen and oxygen atoms in total. The molecule has 2 saturated heterocycles. The van der Waals surface area contributed by atoms with Crippen molar-refractivity contribution in [3.63, 3.8) is 0 Å². The smallest absolute Gasteiger partial charge is 0.338 e. The van der Waals surface area contributed by atoms with Gasteiger partial charge in [-0.1, -0.05) is 0 Å². The molecule has 0 bridgehead atoms. The Bertz CT molecular complexity index is 505. The van der Waals surface area contributed by atoms with Crippen molar-refractivity contribution in [2.24, 2.45) is 0 Å². The van der Waals surface area contributed by atoms with Crippen LogP contribution in [0.4, 0.5) is 19.1 Å². The van der Waals surface area contributed by atoms with Gasteiger partial charge in [0.25, 0.3) is 0 Å². The second-order valence-corrected chi connectivity index (χ2v) is 6.53. The zero-order valence-corrected chi connectivity index (χ0v) is 13.7. The summed E-state index contributed by atoms with van der Waals surface area (Å²) in [4.78, 5) is 12.1. The molecule has 0 aromatic carbocycles. The molecular formula is C16H24F3N5. The van der Waals surface area contributed by atoms with Crippen LogP contribution in [-0.2, 0) is 6.18 Å². The average molecular weight is 343 g/mol. The lowest BCUT2D eigenvalue weighted by atomic mass is 10.1. The number of nitrogens with one attached hydrogen (secondary N) is 1. The highest BCUT2D eigenvalue weighted by molar-refractivity contribution is 5.31. The molecule has 3 heterocycles. The molecule has 1 aromatic rings. The number of aromatic nitrogens is 2. The van der Waals surface area contributed by atoms with Crippen molar-refractivity contribution in [2.75, 3.05) is 44.2 Å². The van der Waals surface area contributed by atoms with Gasteiger partial charge < -0.3 is 10.2 Å². The molecule has 1 atom stereocenters. The summed E-state index contributed by atoms with van der Waals surface area (Å²) in [5.41, 5.74) is -0.801. The number of alkyl halides is 3. The SMILES string of the molecule is FC(F)(F)c1cnc(N2CCN(CCCC3CCCN3)CC2)nc1. The lowest BCUT2D eigenvalue weighted by molar-refractivity contribution is -0.138. The normalized spacial score (nSPS) is 23.0. The van der Waals surface area contributed by atoms with Gasteiger partial charge in [-0.3, -0.25) is 4.90 Å². The second-order valence-electron chi connectivity index (χ2n) is 6.53. The molecule has 1 unspecified atom stereocenters. The third kappa shape index (κ3) is 4.57. The van der Waals surface area contributed by atoms with E-state index < -0.39 is 11.7 Å². The fourth-order valence-electron chi connectivity index (χ4n) is 3.37. The summed E-state index contributed by atoms with van der Waals surface area (Å²) in [6.07, 6.45) is 2.34. The molecule has 134 valence electrons. The fraction of sp³-hybridized carbons (Fsp3) is 0.750. The van der Waals surface area contributed by atoms with Gasteiger partial charge in [-0.15, -0.1) is 0 Å². The highest BCUT2D eigenvalue weighted by Crippen LogP contribution is 2.28. The zero-order chi connectivity index (χ0) is 17.0. The predicted octanol–water partition coefficient (Wildman–Crippen LogP) is 2.15. The van der Waals surface area contributed by atoms with E-state index in [0.29, 0.717) is 12.0 Å². The van der Waals surface area contributed by atoms with Crippen LogP contribution in [-0.4, -0.2) is 60.2 Å². The van der Waals surface area contributed by atoms with E-state index in [4.69, 9.17) is 0 Å². The summed E-state index contributed by atoms with van der Waals surface area (Å²) in [5, 5.41) is 3.51. The van der Waals surface area contributed by atoms with Crippen molar-refractivity contribution >= 4 is 5.95 Å². The first-order valence-electron chi connectivity index (χ1n) is 8.62. The van der Waals surface area contributed by atoms with Gasteiger partial charge in [0, 0.05) is 44.6 Å². The largest absolute Gasteiger partial charge is 0.419 e. The molecule has 8 heteroatoms. The molecule has 1 N–H and O–H groups in total. The van der Waals surface area contributed by atoms with Crippen molar-refractivity contribution in [3.8, 4) is 0 Å². The van der Waals surface area contributed by atoms with Crippen LogP contribution in [0, 0.1) is 0 Å². The summed E-state index contributed by atoms with van der Waals surface area (Å²) in [6.45, 7) is 5.56. The van der Waals surface area contributed by atoms with E-state index in [2.05, 4.69) is 20.2 Å². The molecule has 24 heavy (non-hydrogen) atoms. The van der Waals surface area contributed by atoms with E-state index in [1.165, 1.54) is 25.7 Å². The summed E-state index contributed by atoms with van der Waals surface area (Å²) >= 11 is 0. The average Bonchev–Trinajstić information content (AvgIpc) is 3.08. The molecule has 2 aliphatic heterocycles. The highest BCUT2D eigenvalue weighted by atomic mass is 19.4. The van der Waals surface area contributed by atoms with Gasteiger partial charge in [0.05, 0.1) is 5.56 Å². The molecule has 3 rings (SSSR count). The Kier molecular flexibility index (Phi) is 5.55. The topological polar surface area (TPSA) is 44.3 Å². The standard InChI is InChI=1S/C16H24F3N5/c17-16(18,19)13-11-21-15(22-12-13)24-9-7-23(8-10-24)6-2-4-14-3-1-5-20-14/h11-12,14,20H,1-10H2. The Balaban J connectivity index is 1.41. The lowest BCUT2D eigenvalue weighted by Gasteiger charge is -2.34. The number of piperazine rings is 1. The zero-order valence-electron chi connectivity index (χ0n) is 13.7. The Morgan fingerprint density at radius 1 is 1.12 bits per heavy atom. The van der Waals surface area contributed by atoms with Crippen molar-refractivity contribution in [2.45, 2.75) is 37.9 Å². The summed E-state index contributed by atoms with van der Waals surface area (Å²) in [7, 11) is 0. The van der Waals surface area contributed by atoms with Crippen LogP contribution in [0.25, 0.3) is 0 Å². The van der Waals surface area contributed by atoms with Crippen molar-refractivity contribution in [1.82, 2.24) is 20.2 Å². The first-order valence-corrected chi connectivity index (χ1v) is 8.62. The van der Waals surface area contributed by atoms with Gasteiger partial charge >= 0.3 is 6.18 Å². The highest BCUT2D eigenvalue weighted by Gasteiger charge is 2.31. The molecule has 2 fully saturated rings. The molecule has 0 amide bonds. The maximum atomic E-state index is 12.5. The molecule has 0 aliphatic carbocycles. The first kappa shape index (κ1) is 17.4. The number of hydrogen-bond acceptors (Lipinski definition) is 5. The van der Waals surface area contributed by atoms with E-state index in [9.17, 15) is 13.2 Å². The van der Waals surface area contributed by atoms with Crippen LogP contribution in [0.3, 0.4) is 0 Å². The summed E-state index contributed by atoms with van der Waals surface area (Å²) in [6, 6.07) is 0.687. The minimum Gasteiger partial charge on any atom is -0.338 e. The van der Waals surface area contributed by atoms with Gasteiger partial charge in [0.1, 0.15) is 0 Å². The molecular weight excluding hydrogens is 319 g/mol. The molecule has 2 aliphatic rings. The Labute approximate surface area is 140 Å². The second kappa shape index (κ2) is 7.65. The minimum atomic E-state index is -4.38. The van der Waals surface area contributed by atoms with Crippen molar-refractivity contribution in [1.29, 1.82) is 0 Å². The molecule has 0 saturated carbocycles. The van der Waals surface area contributed by atoms with E-state index >= 15 is 0 Å². The number of rotatable bonds is 5. The maximum absolute atomic E-state index is 12.5. The minimum absolute atomic E-state index is 0.387. The first-order chi connectivity index (χ1) is 11.5.